The van der Waals surface area contributed by atoms with Crippen molar-refractivity contribution in [3.8, 4) is 0 Å². The lowest BCUT2D eigenvalue weighted by molar-refractivity contribution is -0.671. The highest BCUT2D eigenvalue weighted by Gasteiger charge is 2.04. The third-order valence-corrected chi connectivity index (χ3v) is 1.19. The fraction of sp³-hybridized carbons (Fsp3) is 0.333. The molecule has 3 heteroatoms. The molecule has 0 aliphatic carbocycles. The van der Waals surface area contributed by atoms with Crippen molar-refractivity contribution in [3.63, 3.8) is 0 Å². The first kappa shape index (κ1) is 10.6. The van der Waals surface area contributed by atoms with Crippen molar-refractivity contribution in [1.82, 2.24) is 0 Å². The highest BCUT2D eigenvalue weighted by atomic mass is 16.4. The molecule has 0 saturated heterocycles. The Bertz CT molecular complexity index is 258. The summed E-state index contributed by atoms with van der Waals surface area (Å²) >= 11 is 0. The van der Waals surface area contributed by atoms with Crippen molar-refractivity contribution in [2.45, 2.75) is 13.8 Å². The van der Waals surface area contributed by atoms with E-state index in [1.165, 1.54) is 0 Å². The molecule has 1 aromatic heterocycles. The van der Waals surface area contributed by atoms with Gasteiger partial charge in [0.25, 0.3) is 0 Å². The van der Waals surface area contributed by atoms with E-state index in [9.17, 15) is 4.79 Å². The van der Waals surface area contributed by atoms with E-state index in [4.69, 9.17) is 5.11 Å². The molecule has 1 N–H and O–H groups in total. The molecule has 1 rings (SSSR count). The van der Waals surface area contributed by atoms with Gasteiger partial charge in [-0.2, -0.15) is 0 Å². The molecule has 0 bridgehead atoms. The Morgan fingerprint density at radius 1 is 1.50 bits per heavy atom. The van der Waals surface area contributed by atoms with Gasteiger partial charge in [0.2, 0.25) is 0 Å². The summed E-state index contributed by atoms with van der Waals surface area (Å²) in [5, 5.41) is 8.50. The van der Waals surface area contributed by atoms with Crippen LogP contribution < -0.4 is 4.57 Å². The predicted octanol–water partition coefficient (Wildman–Crippen LogP) is 1.24. The molecule has 12 heavy (non-hydrogen) atoms. The number of carboxylic acids is 1. The van der Waals surface area contributed by atoms with Gasteiger partial charge in [-0.25, -0.2) is 9.36 Å². The maximum absolute atomic E-state index is 10.3. The standard InChI is InChI=1S/C7H7NO2.C2H6/c1-8-4-2-3-6(5-8)7(9)10;1-2/h2-5H,1H3;1-2H3/p+1. The van der Waals surface area contributed by atoms with Gasteiger partial charge in [-0.05, 0) is 6.07 Å². The number of aromatic carboxylic acids is 1. The third-order valence-electron chi connectivity index (χ3n) is 1.19. The fourth-order valence-electron chi connectivity index (χ4n) is 0.714. The Morgan fingerprint density at radius 2 is 2.08 bits per heavy atom. The molecule has 0 atom stereocenters. The number of aryl methyl sites for hydroxylation is 1. The van der Waals surface area contributed by atoms with Crippen molar-refractivity contribution in [2.75, 3.05) is 0 Å². The summed E-state index contributed by atoms with van der Waals surface area (Å²) in [6.07, 6.45) is 3.34. The number of hydrogen-bond acceptors (Lipinski definition) is 1. The van der Waals surface area contributed by atoms with Crippen molar-refractivity contribution >= 4 is 5.97 Å². The lowest BCUT2D eigenvalue weighted by Gasteiger charge is -1.88. The molecule has 0 radical (unpaired) electrons. The summed E-state index contributed by atoms with van der Waals surface area (Å²) in [6.45, 7) is 4.00. The van der Waals surface area contributed by atoms with Crippen LogP contribution in [0.25, 0.3) is 0 Å². The topological polar surface area (TPSA) is 41.2 Å². The number of nitrogens with zero attached hydrogens (tertiary/aromatic N) is 1. The molecule has 0 aliphatic rings. The number of carboxylic acid groups (broad SMARTS) is 1. The normalized spacial score (nSPS) is 8.25. The first-order chi connectivity index (χ1) is 5.70. The predicted molar refractivity (Wildman–Crippen MR) is 45.9 cm³/mol. The largest absolute Gasteiger partial charge is 0.477 e. The van der Waals surface area contributed by atoms with E-state index in [2.05, 4.69) is 0 Å². The second-order valence-electron chi connectivity index (χ2n) is 2.06. The highest BCUT2D eigenvalue weighted by molar-refractivity contribution is 5.86. The van der Waals surface area contributed by atoms with Gasteiger partial charge in [-0.1, -0.05) is 13.8 Å². The van der Waals surface area contributed by atoms with Crippen LogP contribution in [0.4, 0.5) is 0 Å². The zero-order chi connectivity index (χ0) is 9.56. The molecular formula is C9H14NO2+. The zero-order valence-corrected chi connectivity index (χ0v) is 7.61. The Morgan fingerprint density at radius 3 is 2.42 bits per heavy atom. The van der Waals surface area contributed by atoms with Crippen molar-refractivity contribution < 1.29 is 14.5 Å². The van der Waals surface area contributed by atoms with Crippen LogP contribution in [0, 0.1) is 0 Å². The van der Waals surface area contributed by atoms with Crippen LogP contribution in [0.1, 0.15) is 24.2 Å². The average Bonchev–Trinajstić information content (AvgIpc) is 2.08. The minimum atomic E-state index is -0.892. The second kappa shape index (κ2) is 5.29. The van der Waals surface area contributed by atoms with Gasteiger partial charge in [0, 0.05) is 6.07 Å². The average molecular weight is 168 g/mol. The van der Waals surface area contributed by atoms with E-state index in [0.717, 1.165) is 0 Å². The minimum absolute atomic E-state index is 0.310. The van der Waals surface area contributed by atoms with Crippen molar-refractivity contribution in [1.29, 1.82) is 0 Å². The van der Waals surface area contributed by atoms with Gasteiger partial charge in [0.15, 0.2) is 12.4 Å². The van der Waals surface area contributed by atoms with Gasteiger partial charge < -0.3 is 5.11 Å². The number of aromatic nitrogens is 1. The summed E-state index contributed by atoms with van der Waals surface area (Å²) < 4.78 is 1.70. The number of carbonyl (C=O) groups is 1. The van der Waals surface area contributed by atoms with Gasteiger partial charge in [0.05, 0.1) is 0 Å². The lowest BCUT2D eigenvalue weighted by atomic mass is 10.3. The second-order valence-corrected chi connectivity index (χ2v) is 2.06. The molecule has 1 aromatic rings. The molecule has 0 amide bonds. The molecule has 0 aliphatic heterocycles. The Kier molecular flexibility index (Phi) is 4.69. The van der Waals surface area contributed by atoms with Crippen LogP contribution >= 0.6 is 0 Å². The quantitative estimate of drug-likeness (QED) is 0.641. The summed E-state index contributed by atoms with van der Waals surface area (Å²) in [6, 6.07) is 3.26. The number of pyridine rings is 1. The van der Waals surface area contributed by atoms with Gasteiger partial charge in [-0.15, -0.1) is 0 Å². The van der Waals surface area contributed by atoms with Crippen LogP contribution in [0.5, 0.6) is 0 Å². The SMILES string of the molecule is CC.C[n+]1cccc(C(=O)O)c1. The lowest BCUT2D eigenvalue weighted by Crippen LogP contribution is -2.27. The van der Waals surface area contributed by atoms with E-state index in [-0.39, 0.29) is 0 Å². The summed E-state index contributed by atoms with van der Waals surface area (Å²) in [7, 11) is 1.78. The Hall–Kier alpha value is -1.38. The molecule has 0 unspecified atom stereocenters. The van der Waals surface area contributed by atoms with E-state index in [1.54, 1.807) is 36.1 Å². The molecule has 0 aromatic carbocycles. The maximum atomic E-state index is 10.3. The number of hydrogen-bond donors (Lipinski definition) is 1. The molecule has 0 saturated carbocycles. The molecule has 3 nitrogen and oxygen atoms in total. The molecule has 66 valence electrons. The van der Waals surface area contributed by atoms with Crippen LogP contribution in [0.3, 0.4) is 0 Å². The summed E-state index contributed by atoms with van der Waals surface area (Å²) in [4.78, 5) is 10.3. The smallest absolute Gasteiger partial charge is 0.341 e. The Balaban J connectivity index is 0.000000561. The minimum Gasteiger partial charge on any atom is -0.477 e. The molecule has 1 heterocycles. The van der Waals surface area contributed by atoms with Crippen molar-refractivity contribution in [2.24, 2.45) is 7.05 Å². The van der Waals surface area contributed by atoms with Crippen molar-refractivity contribution in [3.05, 3.63) is 30.1 Å². The summed E-state index contributed by atoms with van der Waals surface area (Å²) in [5.41, 5.74) is 0.310. The number of rotatable bonds is 1. The van der Waals surface area contributed by atoms with Crippen LogP contribution in [-0.2, 0) is 7.05 Å². The third kappa shape index (κ3) is 3.14. The summed E-state index contributed by atoms with van der Waals surface area (Å²) in [5.74, 6) is -0.892. The highest BCUT2D eigenvalue weighted by Crippen LogP contribution is 1.91. The monoisotopic (exact) mass is 168 g/mol. The molecular weight excluding hydrogens is 154 g/mol. The van der Waals surface area contributed by atoms with E-state index < -0.39 is 5.97 Å². The fourth-order valence-corrected chi connectivity index (χ4v) is 0.714. The first-order valence-corrected chi connectivity index (χ1v) is 3.89. The van der Waals surface area contributed by atoms with E-state index >= 15 is 0 Å². The first-order valence-electron chi connectivity index (χ1n) is 3.89. The van der Waals surface area contributed by atoms with Gasteiger partial charge in [-0.3, -0.25) is 0 Å². The van der Waals surface area contributed by atoms with Gasteiger partial charge >= 0.3 is 5.97 Å². The maximum Gasteiger partial charge on any atom is 0.341 e. The van der Waals surface area contributed by atoms with E-state index in [1.807, 2.05) is 13.8 Å². The molecule has 0 spiro atoms. The van der Waals surface area contributed by atoms with E-state index in [0.29, 0.717) is 5.56 Å². The van der Waals surface area contributed by atoms with Gasteiger partial charge in [0.1, 0.15) is 12.6 Å². The van der Waals surface area contributed by atoms with Crippen LogP contribution in [0.15, 0.2) is 24.5 Å². The van der Waals surface area contributed by atoms with Crippen LogP contribution in [0.2, 0.25) is 0 Å². The molecule has 0 fully saturated rings. The Labute approximate surface area is 72.3 Å². The zero-order valence-electron chi connectivity index (χ0n) is 7.61. The van der Waals surface area contributed by atoms with Crippen LogP contribution in [-0.4, -0.2) is 11.1 Å².